The molecule has 15 heavy (non-hydrogen) atoms. The molecule has 2 rings (SSSR count). The van der Waals surface area contributed by atoms with E-state index in [4.69, 9.17) is 11.6 Å². The lowest BCUT2D eigenvalue weighted by Gasteiger charge is -2.10. The van der Waals surface area contributed by atoms with Gasteiger partial charge in [0.25, 0.3) is 0 Å². The van der Waals surface area contributed by atoms with E-state index < -0.39 is 5.38 Å². The molecule has 0 bridgehead atoms. The molecule has 1 saturated carbocycles. The first-order valence-electron chi connectivity index (χ1n) is 5.24. The second-order valence-electron chi connectivity index (χ2n) is 3.96. The molecular weight excluding hydrogens is 210 g/mol. The molecule has 1 fully saturated rings. The summed E-state index contributed by atoms with van der Waals surface area (Å²) in [5, 5.41) is 2.31. The topological polar surface area (TPSA) is 29.1 Å². The van der Waals surface area contributed by atoms with Crippen LogP contribution in [-0.4, -0.2) is 12.5 Å². The standard InChI is InChI=1S/C12H14ClNO/c13-11(10-4-2-1-3-5-10)12(15)14-8-9-6-7-9/h1-5,9,11H,6-8H2,(H,14,15). The minimum absolute atomic E-state index is 0.0882. The van der Waals surface area contributed by atoms with Gasteiger partial charge in [-0.1, -0.05) is 30.3 Å². The molecule has 1 aliphatic carbocycles. The van der Waals surface area contributed by atoms with Crippen LogP contribution in [0.5, 0.6) is 0 Å². The van der Waals surface area contributed by atoms with Crippen molar-refractivity contribution in [3.8, 4) is 0 Å². The molecule has 1 aliphatic rings. The summed E-state index contributed by atoms with van der Waals surface area (Å²) in [5.41, 5.74) is 0.854. The van der Waals surface area contributed by atoms with Gasteiger partial charge in [0.1, 0.15) is 5.38 Å². The number of carbonyl (C=O) groups is 1. The molecule has 0 heterocycles. The highest BCUT2D eigenvalue weighted by atomic mass is 35.5. The normalized spacial score (nSPS) is 17.1. The van der Waals surface area contributed by atoms with Crippen LogP contribution in [-0.2, 0) is 4.79 Å². The minimum Gasteiger partial charge on any atom is -0.354 e. The van der Waals surface area contributed by atoms with Gasteiger partial charge in [-0.15, -0.1) is 11.6 Å². The van der Waals surface area contributed by atoms with Crippen molar-refractivity contribution in [3.63, 3.8) is 0 Å². The predicted octanol–water partition coefficient (Wildman–Crippen LogP) is 2.49. The summed E-state index contributed by atoms with van der Waals surface area (Å²) >= 11 is 6.05. The maximum atomic E-state index is 11.6. The molecular formula is C12H14ClNO. The van der Waals surface area contributed by atoms with E-state index in [0.29, 0.717) is 5.92 Å². The van der Waals surface area contributed by atoms with Crippen LogP contribution in [0, 0.1) is 5.92 Å². The Bertz CT molecular complexity index is 335. The van der Waals surface area contributed by atoms with Crippen LogP contribution in [0.2, 0.25) is 0 Å². The molecule has 1 atom stereocenters. The summed E-state index contributed by atoms with van der Waals surface area (Å²) in [7, 11) is 0. The molecule has 3 heteroatoms. The largest absolute Gasteiger partial charge is 0.354 e. The fraction of sp³-hybridized carbons (Fsp3) is 0.417. The van der Waals surface area contributed by atoms with Crippen LogP contribution >= 0.6 is 11.6 Å². The summed E-state index contributed by atoms with van der Waals surface area (Å²) in [6, 6.07) is 9.43. The Morgan fingerprint density at radius 1 is 1.40 bits per heavy atom. The molecule has 1 amide bonds. The van der Waals surface area contributed by atoms with Crippen LogP contribution in [0.4, 0.5) is 0 Å². The van der Waals surface area contributed by atoms with Crippen molar-refractivity contribution in [2.45, 2.75) is 18.2 Å². The van der Waals surface area contributed by atoms with E-state index >= 15 is 0 Å². The number of nitrogens with one attached hydrogen (secondary N) is 1. The van der Waals surface area contributed by atoms with E-state index in [1.165, 1.54) is 12.8 Å². The van der Waals surface area contributed by atoms with E-state index in [0.717, 1.165) is 12.1 Å². The van der Waals surface area contributed by atoms with Gasteiger partial charge in [-0.05, 0) is 24.3 Å². The maximum absolute atomic E-state index is 11.6. The Morgan fingerprint density at radius 2 is 2.07 bits per heavy atom. The highest BCUT2D eigenvalue weighted by Gasteiger charge is 2.24. The van der Waals surface area contributed by atoms with E-state index in [-0.39, 0.29) is 5.91 Å². The van der Waals surface area contributed by atoms with Crippen molar-refractivity contribution < 1.29 is 4.79 Å². The fourth-order valence-electron chi connectivity index (χ4n) is 1.43. The summed E-state index contributed by atoms with van der Waals surface area (Å²) in [6.07, 6.45) is 2.47. The fourth-order valence-corrected chi connectivity index (χ4v) is 1.65. The second-order valence-corrected chi connectivity index (χ2v) is 4.40. The second kappa shape index (κ2) is 4.67. The Morgan fingerprint density at radius 3 is 2.67 bits per heavy atom. The number of hydrogen-bond donors (Lipinski definition) is 1. The zero-order valence-corrected chi connectivity index (χ0v) is 9.20. The molecule has 1 unspecified atom stereocenters. The highest BCUT2D eigenvalue weighted by Crippen LogP contribution is 2.28. The van der Waals surface area contributed by atoms with Crippen molar-refractivity contribution in [1.29, 1.82) is 0 Å². The van der Waals surface area contributed by atoms with Gasteiger partial charge < -0.3 is 5.32 Å². The Hall–Kier alpha value is -1.02. The minimum atomic E-state index is -0.565. The number of alkyl halides is 1. The van der Waals surface area contributed by atoms with Gasteiger partial charge in [0.15, 0.2) is 0 Å². The molecule has 80 valence electrons. The number of carbonyl (C=O) groups excluding carboxylic acids is 1. The van der Waals surface area contributed by atoms with Gasteiger partial charge in [0, 0.05) is 6.54 Å². The third-order valence-corrected chi connectivity index (χ3v) is 3.03. The van der Waals surface area contributed by atoms with Gasteiger partial charge in [-0.2, -0.15) is 0 Å². The predicted molar refractivity (Wildman–Crippen MR) is 60.8 cm³/mol. The molecule has 1 aromatic rings. The molecule has 0 aromatic heterocycles. The monoisotopic (exact) mass is 223 g/mol. The number of rotatable bonds is 4. The maximum Gasteiger partial charge on any atom is 0.242 e. The van der Waals surface area contributed by atoms with Crippen LogP contribution in [0.3, 0.4) is 0 Å². The van der Waals surface area contributed by atoms with E-state index in [9.17, 15) is 4.79 Å². The van der Waals surface area contributed by atoms with Crippen LogP contribution in [0.1, 0.15) is 23.8 Å². The average molecular weight is 224 g/mol. The lowest BCUT2D eigenvalue weighted by Crippen LogP contribution is -2.28. The number of hydrogen-bond acceptors (Lipinski definition) is 1. The number of halogens is 1. The number of amides is 1. The van der Waals surface area contributed by atoms with Gasteiger partial charge in [0.05, 0.1) is 0 Å². The molecule has 0 saturated heterocycles. The third kappa shape index (κ3) is 2.96. The molecule has 1 N–H and O–H groups in total. The zero-order valence-electron chi connectivity index (χ0n) is 8.45. The van der Waals surface area contributed by atoms with E-state index in [1.54, 1.807) is 0 Å². The van der Waals surface area contributed by atoms with Crippen molar-refractivity contribution in [2.24, 2.45) is 5.92 Å². The molecule has 0 aliphatic heterocycles. The molecule has 0 spiro atoms. The number of benzene rings is 1. The highest BCUT2D eigenvalue weighted by molar-refractivity contribution is 6.30. The lowest BCUT2D eigenvalue weighted by molar-refractivity contribution is -0.120. The molecule has 2 nitrogen and oxygen atoms in total. The zero-order chi connectivity index (χ0) is 10.7. The summed E-state index contributed by atoms with van der Waals surface area (Å²) in [6.45, 7) is 0.773. The smallest absolute Gasteiger partial charge is 0.242 e. The summed E-state index contributed by atoms with van der Waals surface area (Å²) < 4.78 is 0. The Kier molecular flexibility index (Phi) is 3.27. The van der Waals surface area contributed by atoms with Crippen molar-refractivity contribution >= 4 is 17.5 Å². The van der Waals surface area contributed by atoms with Gasteiger partial charge in [-0.25, -0.2) is 0 Å². The van der Waals surface area contributed by atoms with Gasteiger partial charge in [-0.3, -0.25) is 4.79 Å². The lowest BCUT2D eigenvalue weighted by atomic mass is 10.1. The average Bonchev–Trinajstić information content (AvgIpc) is 3.10. The molecule has 0 radical (unpaired) electrons. The van der Waals surface area contributed by atoms with Crippen LogP contribution in [0.15, 0.2) is 30.3 Å². The first-order valence-corrected chi connectivity index (χ1v) is 5.68. The van der Waals surface area contributed by atoms with E-state index in [1.807, 2.05) is 30.3 Å². The van der Waals surface area contributed by atoms with Crippen molar-refractivity contribution in [2.75, 3.05) is 6.54 Å². The summed E-state index contributed by atoms with van der Waals surface area (Å²) in [4.78, 5) is 11.6. The third-order valence-electron chi connectivity index (χ3n) is 2.58. The van der Waals surface area contributed by atoms with Crippen molar-refractivity contribution in [3.05, 3.63) is 35.9 Å². The van der Waals surface area contributed by atoms with Gasteiger partial charge in [0.2, 0.25) is 5.91 Å². The Balaban J connectivity index is 1.88. The summed E-state index contributed by atoms with van der Waals surface area (Å²) in [5.74, 6) is 0.600. The molecule has 1 aromatic carbocycles. The van der Waals surface area contributed by atoms with E-state index in [2.05, 4.69) is 5.32 Å². The first-order chi connectivity index (χ1) is 7.27. The first kappa shape index (κ1) is 10.5. The quantitative estimate of drug-likeness (QED) is 0.781. The van der Waals surface area contributed by atoms with Gasteiger partial charge >= 0.3 is 0 Å². The van der Waals surface area contributed by atoms with Crippen LogP contribution in [0.25, 0.3) is 0 Å². The van der Waals surface area contributed by atoms with Crippen molar-refractivity contribution in [1.82, 2.24) is 5.32 Å². The van der Waals surface area contributed by atoms with Crippen LogP contribution < -0.4 is 5.32 Å². The Labute approximate surface area is 94.6 Å². The SMILES string of the molecule is O=C(NCC1CC1)C(Cl)c1ccccc1.